The maximum Gasteiger partial charge on any atom is 0.230 e. The second kappa shape index (κ2) is 9.55. The second-order valence-corrected chi connectivity index (χ2v) is 8.80. The largest absolute Gasteiger partial charge is 0.726 e. The van der Waals surface area contributed by atoms with Crippen LogP contribution in [0.5, 0.6) is 23.0 Å². The summed E-state index contributed by atoms with van der Waals surface area (Å²) in [4.78, 5) is 12.6. The Labute approximate surface area is 201 Å². The predicted octanol–water partition coefficient (Wildman–Crippen LogP) is -0.760. The van der Waals surface area contributed by atoms with Gasteiger partial charge in [0, 0.05) is 23.8 Å². The Bertz CT molecular complexity index is 1450. The van der Waals surface area contributed by atoms with Crippen LogP contribution in [0.2, 0.25) is 0 Å². The van der Waals surface area contributed by atoms with E-state index >= 15 is 0 Å². The molecule has 1 aliphatic rings. The topological polar surface area (TPSA) is 236 Å². The summed E-state index contributed by atoms with van der Waals surface area (Å²) in [5, 5.41) is 58.9. The maximum absolute atomic E-state index is 12.6. The molecule has 0 amide bonds. The van der Waals surface area contributed by atoms with Gasteiger partial charge in [-0.05, 0) is 18.2 Å². The van der Waals surface area contributed by atoms with Crippen molar-refractivity contribution < 1.29 is 61.7 Å². The third-order valence-electron chi connectivity index (χ3n) is 5.35. The first kappa shape index (κ1) is 25.6. The molecule has 0 aliphatic carbocycles. The lowest BCUT2D eigenvalue weighted by Crippen LogP contribution is -2.61. The van der Waals surface area contributed by atoms with Crippen LogP contribution in [0.15, 0.2) is 45.6 Å². The van der Waals surface area contributed by atoms with Gasteiger partial charge in [0.2, 0.25) is 16.7 Å². The fourth-order valence-electron chi connectivity index (χ4n) is 3.65. The third kappa shape index (κ3) is 5.07. The molecule has 6 N–H and O–H groups in total. The van der Waals surface area contributed by atoms with Crippen molar-refractivity contribution in [2.45, 2.75) is 30.7 Å². The maximum atomic E-state index is 12.6. The first-order valence-corrected chi connectivity index (χ1v) is 11.5. The van der Waals surface area contributed by atoms with E-state index in [1.807, 2.05) is 0 Å². The highest BCUT2D eigenvalue weighted by Crippen LogP contribution is 2.35. The molecule has 5 atom stereocenters. The SMILES string of the molecule is O=c1cc(-c2ccc(O)c(O)c2)oc2cc(O[C@@H]3O[C@H](CO)[C@@H](O)[C@H](O)[C@H]3OS(=O)(=O)[O-])cc(O)c12. The van der Waals surface area contributed by atoms with Crippen molar-refractivity contribution in [3.63, 3.8) is 0 Å². The number of hydrogen-bond donors (Lipinski definition) is 6. The standard InChI is InChI=1S/C21H20O14S/c22-7-16-18(27)19(28)20(35-36(29,30)31)21(34-16)32-9-4-12(25)17-13(26)6-14(33-15(17)5-9)8-1-2-10(23)11(24)3-8/h1-6,16,18-25,27-28H,7H2,(H,29,30,31)/p-1/t16-,18-,19+,20-,21-/m1/s1. The van der Waals surface area contributed by atoms with Gasteiger partial charge in [-0.15, -0.1) is 0 Å². The second-order valence-electron chi connectivity index (χ2n) is 7.79. The lowest BCUT2D eigenvalue weighted by molar-refractivity contribution is -0.271. The molecule has 4 rings (SSSR count). The van der Waals surface area contributed by atoms with Crippen LogP contribution in [0.4, 0.5) is 0 Å². The molecule has 36 heavy (non-hydrogen) atoms. The minimum atomic E-state index is -5.41. The molecule has 1 saturated heterocycles. The number of hydrogen-bond acceptors (Lipinski definition) is 14. The van der Waals surface area contributed by atoms with Crippen molar-refractivity contribution >= 4 is 21.4 Å². The minimum absolute atomic E-state index is 0.0641. The Morgan fingerprint density at radius 2 is 1.69 bits per heavy atom. The van der Waals surface area contributed by atoms with Crippen molar-refractivity contribution in [1.82, 2.24) is 0 Å². The molecule has 3 aromatic rings. The van der Waals surface area contributed by atoms with Crippen LogP contribution in [0.25, 0.3) is 22.3 Å². The zero-order valence-corrected chi connectivity index (χ0v) is 18.7. The summed E-state index contributed by atoms with van der Waals surface area (Å²) in [6.07, 6.45) is -9.29. The molecule has 15 heteroatoms. The van der Waals surface area contributed by atoms with E-state index in [9.17, 15) is 48.4 Å². The van der Waals surface area contributed by atoms with Crippen molar-refractivity contribution in [3.05, 3.63) is 46.6 Å². The summed E-state index contributed by atoms with van der Waals surface area (Å²) >= 11 is 0. The summed E-state index contributed by atoms with van der Waals surface area (Å²) in [6.45, 7) is -0.824. The Balaban J connectivity index is 1.75. The number of phenolic OH excluding ortho intramolecular Hbond substituents is 3. The molecular formula is C21H19O14S-. The molecule has 2 aromatic carbocycles. The molecular weight excluding hydrogens is 508 g/mol. The van der Waals surface area contributed by atoms with Gasteiger partial charge in [-0.1, -0.05) is 0 Å². The minimum Gasteiger partial charge on any atom is -0.726 e. The highest BCUT2D eigenvalue weighted by atomic mass is 32.3. The summed E-state index contributed by atoms with van der Waals surface area (Å²) < 4.78 is 54.0. The molecule has 14 nitrogen and oxygen atoms in total. The van der Waals surface area contributed by atoms with Crippen molar-refractivity contribution in [3.8, 4) is 34.3 Å². The van der Waals surface area contributed by atoms with Crippen LogP contribution in [-0.2, 0) is 19.3 Å². The summed E-state index contributed by atoms with van der Waals surface area (Å²) in [5.74, 6) is -1.89. The first-order valence-electron chi connectivity index (χ1n) is 10.1. The monoisotopic (exact) mass is 527 g/mol. The average Bonchev–Trinajstić information content (AvgIpc) is 2.79. The van der Waals surface area contributed by atoms with Gasteiger partial charge in [-0.25, -0.2) is 8.42 Å². The van der Waals surface area contributed by atoms with Crippen LogP contribution in [0.1, 0.15) is 0 Å². The van der Waals surface area contributed by atoms with Crippen molar-refractivity contribution in [2.24, 2.45) is 0 Å². The van der Waals surface area contributed by atoms with E-state index < -0.39 is 70.4 Å². The van der Waals surface area contributed by atoms with Gasteiger partial charge in [0.1, 0.15) is 46.5 Å². The van der Waals surface area contributed by atoms with E-state index in [0.29, 0.717) is 0 Å². The van der Waals surface area contributed by atoms with E-state index in [-0.39, 0.29) is 28.0 Å². The molecule has 0 bridgehead atoms. The molecule has 1 aromatic heterocycles. The van der Waals surface area contributed by atoms with Gasteiger partial charge in [0.15, 0.2) is 23.0 Å². The summed E-state index contributed by atoms with van der Waals surface area (Å²) in [7, 11) is -5.41. The highest BCUT2D eigenvalue weighted by molar-refractivity contribution is 7.80. The van der Waals surface area contributed by atoms with Gasteiger partial charge in [0.05, 0.1) is 6.61 Å². The Morgan fingerprint density at radius 1 is 0.972 bits per heavy atom. The van der Waals surface area contributed by atoms with Gasteiger partial charge < -0.3 is 49.1 Å². The molecule has 0 radical (unpaired) electrons. The Hall–Kier alpha value is -3.44. The Kier molecular flexibility index (Phi) is 6.80. The smallest absolute Gasteiger partial charge is 0.230 e. The third-order valence-corrected chi connectivity index (χ3v) is 5.81. The molecule has 0 unspecified atom stereocenters. The molecule has 194 valence electrons. The normalized spacial score (nSPS) is 24.6. The number of benzene rings is 2. The van der Waals surface area contributed by atoms with Crippen LogP contribution in [-0.4, -0.2) is 80.9 Å². The number of aliphatic hydroxyl groups is 3. The highest BCUT2D eigenvalue weighted by Gasteiger charge is 2.47. The number of rotatable bonds is 6. The van der Waals surface area contributed by atoms with E-state index in [4.69, 9.17) is 13.9 Å². The van der Waals surface area contributed by atoms with Gasteiger partial charge in [-0.3, -0.25) is 8.98 Å². The van der Waals surface area contributed by atoms with Crippen LogP contribution >= 0.6 is 0 Å². The van der Waals surface area contributed by atoms with E-state index in [2.05, 4.69) is 4.18 Å². The van der Waals surface area contributed by atoms with Gasteiger partial charge >= 0.3 is 0 Å². The molecule has 0 spiro atoms. The summed E-state index contributed by atoms with van der Waals surface area (Å²) in [6, 6.07) is 6.70. The van der Waals surface area contributed by atoms with E-state index in [1.165, 1.54) is 6.07 Å². The van der Waals surface area contributed by atoms with Crippen LogP contribution < -0.4 is 10.2 Å². The molecule has 1 fully saturated rings. The molecule has 2 heterocycles. The predicted molar refractivity (Wildman–Crippen MR) is 116 cm³/mol. The first-order chi connectivity index (χ1) is 16.9. The lowest BCUT2D eigenvalue weighted by Gasteiger charge is -2.41. The van der Waals surface area contributed by atoms with Crippen molar-refractivity contribution in [1.29, 1.82) is 0 Å². The fraction of sp³-hybridized carbons (Fsp3) is 0.286. The van der Waals surface area contributed by atoms with Gasteiger partial charge in [-0.2, -0.15) is 0 Å². The van der Waals surface area contributed by atoms with E-state index in [1.54, 1.807) is 0 Å². The van der Waals surface area contributed by atoms with Crippen molar-refractivity contribution in [2.75, 3.05) is 6.61 Å². The number of fused-ring (bicyclic) bond motifs is 1. The van der Waals surface area contributed by atoms with Gasteiger partial charge in [0.25, 0.3) is 0 Å². The number of aliphatic hydroxyl groups excluding tert-OH is 3. The molecule has 1 aliphatic heterocycles. The quantitative estimate of drug-likeness (QED) is 0.131. The number of phenols is 3. The zero-order chi connectivity index (χ0) is 26.4. The molecule has 0 saturated carbocycles. The lowest BCUT2D eigenvalue weighted by atomic mass is 9.99. The average molecular weight is 527 g/mol. The van der Waals surface area contributed by atoms with Crippen LogP contribution in [0.3, 0.4) is 0 Å². The number of ether oxygens (including phenoxy) is 2. The van der Waals surface area contributed by atoms with Crippen LogP contribution in [0, 0.1) is 0 Å². The van der Waals surface area contributed by atoms with E-state index in [0.717, 1.165) is 30.3 Å². The zero-order valence-electron chi connectivity index (χ0n) is 17.9. The fourth-order valence-corrected chi connectivity index (χ4v) is 4.13. The Morgan fingerprint density at radius 3 is 2.33 bits per heavy atom. The number of aromatic hydroxyl groups is 3. The summed E-state index contributed by atoms with van der Waals surface area (Å²) in [5.41, 5.74) is -0.721.